The molecule has 0 atom stereocenters. The average molecular weight is 286 g/mol. The lowest BCUT2D eigenvalue weighted by Gasteiger charge is -2.49. The summed E-state index contributed by atoms with van der Waals surface area (Å²) in [7, 11) is -3.70. The van der Waals surface area contributed by atoms with Crippen molar-refractivity contribution in [3.8, 4) is 0 Å². The molecule has 2 saturated heterocycles. The number of hydrogen-bond donors (Lipinski definition) is 2. The molecule has 1 aromatic rings. The maximum atomic E-state index is 12.0. The summed E-state index contributed by atoms with van der Waals surface area (Å²) in [6.07, 6.45) is 0.502. The zero-order valence-corrected chi connectivity index (χ0v) is 10.8. The van der Waals surface area contributed by atoms with Crippen LogP contribution in [0.2, 0.25) is 0 Å². The quantitative estimate of drug-likeness (QED) is 0.755. The van der Waals surface area contributed by atoms with Gasteiger partial charge >= 0.3 is 0 Å². The molecule has 0 spiro atoms. The molecule has 8 heteroatoms. The van der Waals surface area contributed by atoms with E-state index in [1.54, 1.807) is 5.38 Å². The Bertz CT molecular complexity index is 614. The van der Waals surface area contributed by atoms with Crippen molar-refractivity contribution in [2.75, 3.05) is 0 Å². The maximum absolute atomic E-state index is 12.0. The predicted octanol–water partition coefficient (Wildman–Crippen LogP) is -0.168. The zero-order valence-electron chi connectivity index (χ0n) is 9.17. The van der Waals surface area contributed by atoms with E-state index >= 15 is 0 Å². The van der Waals surface area contributed by atoms with Gasteiger partial charge in [-0.1, -0.05) is 0 Å². The van der Waals surface area contributed by atoms with E-state index in [1.165, 1.54) is 22.8 Å². The minimum Gasteiger partial charge on any atom is -0.295 e. The second-order valence-corrected chi connectivity index (χ2v) is 7.03. The zero-order chi connectivity index (χ0) is 13.0. The number of amides is 2. The summed E-state index contributed by atoms with van der Waals surface area (Å²) < 4.78 is 26.5. The smallest absolute Gasteiger partial charge is 0.247 e. The van der Waals surface area contributed by atoms with E-state index in [4.69, 9.17) is 0 Å². The summed E-state index contributed by atoms with van der Waals surface area (Å²) >= 11 is 1.27. The second kappa shape index (κ2) is 3.62. The summed E-state index contributed by atoms with van der Waals surface area (Å²) in [6, 6.07) is 1.48. The first-order valence-electron chi connectivity index (χ1n) is 5.34. The third kappa shape index (κ3) is 1.60. The Balaban J connectivity index is 1.87. The highest BCUT2D eigenvalue weighted by Gasteiger charge is 2.59. The number of piperidine rings is 2. The van der Waals surface area contributed by atoms with E-state index in [9.17, 15) is 18.0 Å². The van der Waals surface area contributed by atoms with Crippen LogP contribution in [0.3, 0.4) is 0 Å². The summed E-state index contributed by atoms with van der Waals surface area (Å²) in [5.41, 5.74) is -1.14. The van der Waals surface area contributed by atoms with Crippen LogP contribution < -0.4 is 10.0 Å². The van der Waals surface area contributed by atoms with Crippen LogP contribution in [0.5, 0.6) is 0 Å². The van der Waals surface area contributed by atoms with E-state index in [-0.39, 0.29) is 29.6 Å². The average Bonchev–Trinajstić information content (AvgIpc) is 2.73. The maximum Gasteiger partial charge on any atom is 0.247 e. The van der Waals surface area contributed by atoms with Crippen LogP contribution in [0.15, 0.2) is 21.7 Å². The first-order valence-corrected chi connectivity index (χ1v) is 7.77. The van der Waals surface area contributed by atoms with Gasteiger partial charge in [-0.15, -0.1) is 0 Å². The summed E-state index contributed by atoms with van der Waals surface area (Å²) in [5, 5.41) is 5.34. The molecule has 4 rings (SSSR count). The van der Waals surface area contributed by atoms with Crippen LogP contribution >= 0.6 is 11.3 Å². The van der Waals surface area contributed by atoms with Gasteiger partial charge in [0, 0.05) is 11.3 Å². The molecule has 1 saturated carbocycles. The number of carbonyl (C=O) groups is 2. The highest BCUT2D eigenvalue weighted by molar-refractivity contribution is 7.89. The Morgan fingerprint density at radius 1 is 1.39 bits per heavy atom. The molecule has 3 heterocycles. The lowest BCUT2D eigenvalue weighted by molar-refractivity contribution is -0.151. The Hall–Kier alpha value is -1.25. The number of rotatable bonds is 3. The molecule has 1 aromatic heterocycles. The van der Waals surface area contributed by atoms with Crippen molar-refractivity contribution in [1.29, 1.82) is 0 Å². The van der Waals surface area contributed by atoms with Crippen molar-refractivity contribution in [2.45, 2.75) is 23.3 Å². The van der Waals surface area contributed by atoms with E-state index in [2.05, 4.69) is 10.0 Å². The van der Waals surface area contributed by atoms with Crippen LogP contribution in [-0.2, 0) is 19.6 Å². The topological polar surface area (TPSA) is 92.3 Å². The molecular formula is C10H10N2O4S2. The number of sulfonamides is 1. The van der Waals surface area contributed by atoms with Crippen molar-refractivity contribution < 1.29 is 18.0 Å². The highest BCUT2D eigenvalue weighted by Crippen LogP contribution is 2.42. The molecule has 2 amide bonds. The molecular weight excluding hydrogens is 276 g/mol. The van der Waals surface area contributed by atoms with Crippen LogP contribution in [0, 0.1) is 5.92 Å². The standard InChI is InChI=1S/C10H10N2O4S2/c13-8-6-3-10(4-6,9(14)11-8)12-18(15,16)7-1-2-17-5-7/h1-2,5-6,12H,3-4H2,(H,11,13,14). The van der Waals surface area contributed by atoms with Crippen molar-refractivity contribution in [3.05, 3.63) is 16.8 Å². The number of nitrogens with one attached hydrogen (secondary N) is 2. The van der Waals surface area contributed by atoms with E-state index < -0.39 is 21.5 Å². The summed E-state index contributed by atoms with van der Waals surface area (Å²) in [6.45, 7) is 0. The number of hydrogen-bond acceptors (Lipinski definition) is 5. The lowest BCUT2D eigenvalue weighted by Crippen LogP contribution is -2.73. The Kier molecular flexibility index (Phi) is 2.38. The van der Waals surface area contributed by atoms with E-state index in [0.717, 1.165) is 0 Å². The van der Waals surface area contributed by atoms with Crippen molar-refractivity contribution in [1.82, 2.24) is 10.0 Å². The Labute approximate surface area is 107 Å². The molecule has 96 valence electrons. The Morgan fingerprint density at radius 2 is 2.11 bits per heavy atom. The van der Waals surface area contributed by atoms with E-state index in [1.807, 2.05) is 0 Å². The minimum absolute atomic E-state index is 0.148. The van der Waals surface area contributed by atoms with Crippen LogP contribution in [-0.4, -0.2) is 25.8 Å². The monoisotopic (exact) mass is 286 g/mol. The van der Waals surface area contributed by atoms with E-state index in [0.29, 0.717) is 0 Å². The van der Waals surface area contributed by atoms with Crippen LogP contribution in [0.25, 0.3) is 0 Å². The van der Waals surface area contributed by atoms with Crippen molar-refractivity contribution in [2.24, 2.45) is 5.92 Å². The van der Waals surface area contributed by atoms with Gasteiger partial charge in [0.05, 0.1) is 4.90 Å². The fourth-order valence-corrected chi connectivity index (χ4v) is 4.75. The second-order valence-electron chi connectivity index (χ2n) is 4.57. The predicted molar refractivity (Wildman–Crippen MR) is 63.2 cm³/mol. The largest absolute Gasteiger partial charge is 0.295 e. The minimum atomic E-state index is -3.70. The molecule has 0 aromatic carbocycles. The SMILES string of the molecule is O=C1NC(=O)C2(NS(=O)(=O)c3ccsc3)CC1C2. The normalized spacial score (nSPS) is 30.8. The molecule has 3 aliphatic rings. The van der Waals surface area contributed by atoms with Gasteiger partial charge in [-0.25, -0.2) is 8.42 Å². The molecule has 1 aliphatic carbocycles. The molecule has 0 radical (unpaired) electrons. The Morgan fingerprint density at radius 3 is 2.67 bits per heavy atom. The third-order valence-corrected chi connectivity index (χ3v) is 5.73. The molecule has 2 N–H and O–H groups in total. The van der Waals surface area contributed by atoms with Gasteiger partial charge in [0.1, 0.15) is 5.54 Å². The fourth-order valence-electron chi connectivity index (χ4n) is 2.34. The number of fused-ring (bicyclic) bond motifs is 2. The van der Waals surface area contributed by atoms with Gasteiger partial charge in [-0.3, -0.25) is 14.9 Å². The first-order chi connectivity index (χ1) is 8.43. The molecule has 2 bridgehead atoms. The molecule has 2 aliphatic heterocycles. The molecule has 3 fully saturated rings. The van der Waals surface area contributed by atoms with Gasteiger partial charge in [-0.05, 0) is 24.3 Å². The molecule has 6 nitrogen and oxygen atoms in total. The van der Waals surface area contributed by atoms with Gasteiger partial charge in [-0.2, -0.15) is 16.1 Å². The molecule has 0 unspecified atom stereocenters. The van der Waals surface area contributed by atoms with Gasteiger partial charge in [0.15, 0.2) is 0 Å². The van der Waals surface area contributed by atoms with Gasteiger partial charge < -0.3 is 0 Å². The fraction of sp³-hybridized carbons (Fsp3) is 0.400. The van der Waals surface area contributed by atoms with Crippen LogP contribution in [0.4, 0.5) is 0 Å². The van der Waals surface area contributed by atoms with Gasteiger partial charge in [0.2, 0.25) is 21.8 Å². The number of imide groups is 1. The molecule has 18 heavy (non-hydrogen) atoms. The van der Waals surface area contributed by atoms with Crippen molar-refractivity contribution >= 4 is 33.2 Å². The number of carbonyl (C=O) groups excluding carboxylic acids is 2. The van der Waals surface area contributed by atoms with Gasteiger partial charge in [0.25, 0.3) is 0 Å². The van der Waals surface area contributed by atoms with Crippen molar-refractivity contribution in [3.63, 3.8) is 0 Å². The summed E-state index contributed by atoms with van der Waals surface area (Å²) in [5.74, 6) is -1.11. The highest BCUT2D eigenvalue weighted by atomic mass is 32.2. The summed E-state index contributed by atoms with van der Waals surface area (Å²) in [4.78, 5) is 23.2. The lowest BCUT2D eigenvalue weighted by atomic mass is 9.65. The first kappa shape index (κ1) is 11.8. The number of thiophene rings is 1. The van der Waals surface area contributed by atoms with Crippen LogP contribution in [0.1, 0.15) is 12.8 Å². The third-order valence-electron chi connectivity index (χ3n) is 3.37.